The lowest BCUT2D eigenvalue weighted by Crippen LogP contribution is -2.21. The van der Waals surface area contributed by atoms with Crippen LogP contribution in [0.5, 0.6) is 0 Å². The van der Waals surface area contributed by atoms with Crippen LogP contribution in [-0.2, 0) is 17.6 Å². The number of aromatic nitrogens is 2. The van der Waals surface area contributed by atoms with Crippen LogP contribution in [0.2, 0.25) is 0 Å². The van der Waals surface area contributed by atoms with Crippen LogP contribution >= 0.6 is 0 Å². The van der Waals surface area contributed by atoms with Crippen molar-refractivity contribution in [1.29, 1.82) is 0 Å². The molecule has 1 aromatic heterocycles. The van der Waals surface area contributed by atoms with E-state index in [1.54, 1.807) is 0 Å². The molecule has 1 fully saturated rings. The molecule has 1 aromatic rings. The van der Waals surface area contributed by atoms with Crippen LogP contribution in [-0.4, -0.2) is 15.6 Å². The highest BCUT2D eigenvalue weighted by atomic mass is 16.1. The van der Waals surface area contributed by atoms with E-state index in [0.29, 0.717) is 18.2 Å². The lowest BCUT2D eigenvalue weighted by atomic mass is 9.94. The Labute approximate surface area is 96.8 Å². The smallest absolute Gasteiger partial charge is 0.135 e. The Hall–Kier alpha value is -1.12. The van der Waals surface area contributed by atoms with E-state index < -0.39 is 0 Å². The van der Waals surface area contributed by atoms with Gasteiger partial charge in [0.15, 0.2) is 0 Å². The molecule has 3 nitrogen and oxygen atoms in total. The molecule has 0 spiro atoms. The predicted molar refractivity (Wildman–Crippen MR) is 63.5 cm³/mol. The lowest BCUT2D eigenvalue weighted by molar-refractivity contribution is -0.121. The van der Waals surface area contributed by atoms with E-state index in [9.17, 15) is 4.79 Å². The Balaban J connectivity index is 2.23. The molecule has 1 saturated carbocycles. The van der Waals surface area contributed by atoms with E-state index in [2.05, 4.69) is 29.7 Å². The third-order valence-electron chi connectivity index (χ3n) is 3.39. The number of carbonyl (C=O) groups is 1. The van der Waals surface area contributed by atoms with Crippen molar-refractivity contribution < 1.29 is 4.79 Å². The van der Waals surface area contributed by atoms with Crippen molar-refractivity contribution in [2.24, 2.45) is 0 Å². The third-order valence-corrected chi connectivity index (χ3v) is 3.39. The second kappa shape index (κ2) is 4.81. The first-order valence-corrected chi connectivity index (χ1v) is 6.33. The fourth-order valence-corrected chi connectivity index (χ4v) is 2.45. The minimum atomic E-state index is 0.316. The van der Waals surface area contributed by atoms with Gasteiger partial charge < -0.3 is 0 Å². The van der Waals surface area contributed by atoms with E-state index in [4.69, 9.17) is 0 Å². The molecule has 0 radical (unpaired) electrons. The van der Waals surface area contributed by atoms with Gasteiger partial charge in [-0.15, -0.1) is 0 Å². The lowest BCUT2D eigenvalue weighted by Gasteiger charge is -2.23. The SMILES string of the molecule is CCc1cc(CC)n(C2CCCC(=O)C2)n1. The zero-order valence-corrected chi connectivity index (χ0v) is 10.2. The van der Waals surface area contributed by atoms with E-state index >= 15 is 0 Å². The van der Waals surface area contributed by atoms with Crippen LogP contribution in [0, 0.1) is 0 Å². The molecule has 1 aliphatic rings. The van der Waals surface area contributed by atoms with Crippen molar-refractivity contribution in [3.63, 3.8) is 0 Å². The highest BCUT2D eigenvalue weighted by molar-refractivity contribution is 5.79. The quantitative estimate of drug-likeness (QED) is 0.785. The molecule has 1 unspecified atom stereocenters. The minimum Gasteiger partial charge on any atom is -0.300 e. The highest BCUT2D eigenvalue weighted by Gasteiger charge is 2.23. The van der Waals surface area contributed by atoms with Gasteiger partial charge in [0.05, 0.1) is 11.7 Å². The van der Waals surface area contributed by atoms with E-state index in [1.165, 1.54) is 5.69 Å². The normalized spacial score (nSPS) is 21.4. The number of hydrogen-bond donors (Lipinski definition) is 0. The summed E-state index contributed by atoms with van der Waals surface area (Å²) in [7, 11) is 0. The molecule has 0 amide bonds. The maximum absolute atomic E-state index is 11.5. The molecule has 88 valence electrons. The molecule has 1 heterocycles. The minimum absolute atomic E-state index is 0.316. The van der Waals surface area contributed by atoms with Gasteiger partial charge in [-0.05, 0) is 31.7 Å². The largest absolute Gasteiger partial charge is 0.300 e. The molecule has 16 heavy (non-hydrogen) atoms. The Bertz CT molecular complexity index is 381. The van der Waals surface area contributed by atoms with E-state index in [0.717, 1.165) is 37.8 Å². The maximum Gasteiger partial charge on any atom is 0.135 e. The number of carbonyl (C=O) groups excluding carboxylic acids is 1. The average Bonchev–Trinajstić information content (AvgIpc) is 2.72. The summed E-state index contributed by atoms with van der Waals surface area (Å²) in [5.41, 5.74) is 2.42. The maximum atomic E-state index is 11.5. The Kier molecular flexibility index (Phi) is 3.42. The van der Waals surface area contributed by atoms with Crippen LogP contribution in [0.15, 0.2) is 6.07 Å². The topological polar surface area (TPSA) is 34.9 Å². The van der Waals surface area contributed by atoms with Crippen LogP contribution < -0.4 is 0 Å². The van der Waals surface area contributed by atoms with Crippen molar-refractivity contribution in [1.82, 2.24) is 9.78 Å². The average molecular weight is 220 g/mol. The van der Waals surface area contributed by atoms with Gasteiger partial charge in [0.25, 0.3) is 0 Å². The van der Waals surface area contributed by atoms with Gasteiger partial charge >= 0.3 is 0 Å². The summed E-state index contributed by atoms with van der Waals surface area (Å²) in [5, 5.41) is 4.62. The van der Waals surface area contributed by atoms with Crippen LogP contribution in [0.4, 0.5) is 0 Å². The molecule has 0 aliphatic heterocycles. The summed E-state index contributed by atoms with van der Waals surface area (Å²) < 4.78 is 2.11. The summed E-state index contributed by atoms with van der Waals surface area (Å²) in [6, 6.07) is 2.50. The Morgan fingerprint density at radius 3 is 2.88 bits per heavy atom. The zero-order valence-electron chi connectivity index (χ0n) is 10.2. The van der Waals surface area contributed by atoms with Crippen LogP contribution in [0.1, 0.15) is 57.0 Å². The molecular weight excluding hydrogens is 200 g/mol. The molecule has 0 saturated heterocycles. The zero-order chi connectivity index (χ0) is 11.5. The first-order valence-electron chi connectivity index (χ1n) is 6.33. The summed E-state index contributed by atoms with van der Waals surface area (Å²) in [5.74, 6) is 0.395. The van der Waals surface area contributed by atoms with Crippen molar-refractivity contribution >= 4 is 5.78 Å². The Morgan fingerprint density at radius 2 is 2.25 bits per heavy atom. The summed E-state index contributed by atoms with van der Waals surface area (Å²) >= 11 is 0. The molecular formula is C13H20N2O. The second-order valence-corrected chi connectivity index (χ2v) is 4.57. The summed E-state index contributed by atoms with van der Waals surface area (Å²) in [6.07, 6.45) is 5.54. The molecule has 3 heteroatoms. The summed E-state index contributed by atoms with van der Waals surface area (Å²) in [6.45, 7) is 4.27. The first-order chi connectivity index (χ1) is 7.74. The van der Waals surface area contributed by atoms with Crippen molar-refractivity contribution in [2.75, 3.05) is 0 Å². The number of nitrogens with zero attached hydrogens (tertiary/aromatic N) is 2. The number of Topliss-reactive ketones (excluding diaryl/α,β-unsaturated/α-hetero) is 1. The molecule has 1 aliphatic carbocycles. The van der Waals surface area contributed by atoms with Crippen molar-refractivity contribution in [3.05, 3.63) is 17.5 Å². The monoisotopic (exact) mass is 220 g/mol. The molecule has 0 N–H and O–H groups in total. The van der Waals surface area contributed by atoms with Gasteiger partial charge in [-0.1, -0.05) is 13.8 Å². The second-order valence-electron chi connectivity index (χ2n) is 4.57. The number of aryl methyl sites for hydroxylation is 2. The van der Waals surface area contributed by atoms with Gasteiger partial charge in [-0.25, -0.2) is 0 Å². The Morgan fingerprint density at radius 1 is 1.44 bits per heavy atom. The number of hydrogen-bond acceptors (Lipinski definition) is 2. The molecule has 0 aromatic carbocycles. The highest BCUT2D eigenvalue weighted by Crippen LogP contribution is 2.27. The molecule has 1 atom stereocenters. The fraction of sp³-hybridized carbons (Fsp3) is 0.692. The van der Waals surface area contributed by atoms with Gasteiger partial charge in [-0.2, -0.15) is 5.10 Å². The third kappa shape index (κ3) is 2.18. The first kappa shape index (κ1) is 11.4. The van der Waals surface area contributed by atoms with Crippen LogP contribution in [0.25, 0.3) is 0 Å². The predicted octanol–water partition coefficient (Wildman–Crippen LogP) is 2.69. The number of rotatable bonds is 3. The standard InChI is InChI=1S/C13H20N2O/c1-3-10-8-11(4-2)15(14-10)12-6-5-7-13(16)9-12/h8,12H,3-7,9H2,1-2H3. The molecule has 0 bridgehead atoms. The van der Waals surface area contributed by atoms with Gasteiger partial charge in [0.2, 0.25) is 0 Å². The fourth-order valence-electron chi connectivity index (χ4n) is 2.45. The van der Waals surface area contributed by atoms with Gasteiger partial charge in [0, 0.05) is 18.5 Å². The number of ketones is 1. The van der Waals surface area contributed by atoms with Crippen molar-refractivity contribution in [3.8, 4) is 0 Å². The molecule has 2 rings (SSSR count). The summed E-state index contributed by atoms with van der Waals surface area (Å²) in [4.78, 5) is 11.5. The van der Waals surface area contributed by atoms with Gasteiger partial charge in [0.1, 0.15) is 5.78 Å². The van der Waals surface area contributed by atoms with E-state index in [1.807, 2.05) is 0 Å². The van der Waals surface area contributed by atoms with Crippen LogP contribution in [0.3, 0.4) is 0 Å². The van der Waals surface area contributed by atoms with Gasteiger partial charge in [-0.3, -0.25) is 9.48 Å². The van der Waals surface area contributed by atoms with Crippen molar-refractivity contribution in [2.45, 2.75) is 58.4 Å². The van der Waals surface area contributed by atoms with E-state index in [-0.39, 0.29) is 0 Å².